The average molecular weight is 392 g/mol. The topological polar surface area (TPSA) is 96.0 Å². The number of benzene rings is 1. The zero-order chi connectivity index (χ0) is 17.4. The Balaban J connectivity index is 1.90. The molecular weight excluding hydrogens is 374 g/mol. The summed E-state index contributed by atoms with van der Waals surface area (Å²) in [5.41, 5.74) is 1.63. The number of aromatic nitrogens is 2. The Morgan fingerprint density at radius 1 is 1.25 bits per heavy atom. The minimum Gasteiger partial charge on any atom is -0.359 e. The van der Waals surface area contributed by atoms with Gasteiger partial charge in [0.25, 0.3) is 0 Å². The Morgan fingerprint density at radius 2 is 2.08 bits per heavy atom. The van der Waals surface area contributed by atoms with Crippen LogP contribution in [0.4, 0.5) is 10.7 Å². The fraction of sp³-hybridized carbons (Fsp3) is 0.250. The van der Waals surface area contributed by atoms with E-state index in [4.69, 9.17) is 0 Å². The van der Waals surface area contributed by atoms with Crippen molar-refractivity contribution in [2.45, 2.75) is 12.8 Å². The molecule has 24 heavy (non-hydrogen) atoms. The van der Waals surface area contributed by atoms with Gasteiger partial charge in [-0.15, -0.1) is 0 Å². The molecule has 0 spiro atoms. The standard InChI is InChI=1S/C16H18BrN5O2/c1-18-14(23)6-3-8-20-16(24)22-15-19-9-7-13(21-15)11-4-2-5-12(17)10-11/h2,4-5,7,9-10H,3,6,8H2,1H3,(H,18,23)(H2,19,20,21,22,24). The van der Waals surface area contributed by atoms with Crippen LogP contribution in [-0.4, -0.2) is 35.5 Å². The molecule has 0 radical (unpaired) electrons. The quantitative estimate of drug-likeness (QED) is 0.659. The Labute approximate surface area is 148 Å². The summed E-state index contributed by atoms with van der Waals surface area (Å²) in [5, 5.41) is 7.77. The Hall–Kier alpha value is -2.48. The number of nitrogens with zero attached hydrogens (tertiary/aromatic N) is 2. The third-order valence-corrected chi connectivity index (χ3v) is 3.64. The molecule has 0 aliphatic heterocycles. The van der Waals surface area contributed by atoms with E-state index in [1.165, 1.54) is 0 Å². The lowest BCUT2D eigenvalue weighted by molar-refractivity contribution is -0.120. The molecule has 1 aromatic heterocycles. The highest BCUT2D eigenvalue weighted by atomic mass is 79.9. The van der Waals surface area contributed by atoms with Gasteiger partial charge in [-0.05, 0) is 24.6 Å². The molecule has 0 unspecified atom stereocenters. The van der Waals surface area contributed by atoms with Gasteiger partial charge in [0.05, 0.1) is 5.69 Å². The summed E-state index contributed by atoms with van der Waals surface area (Å²) in [7, 11) is 1.58. The van der Waals surface area contributed by atoms with Crippen LogP contribution in [0.25, 0.3) is 11.3 Å². The van der Waals surface area contributed by atoms with Gasteiger partial charge in [0.1, 0.15) is 0 Å². The summed E-state index contributed by atoms with van der Waals surface area (Å²) in [4.78, 5) is 31.3. The summed E-state index contributed by atoms with van der Waals surface area (Å²) in [6.07, 6.45) is 2.52. The molecule has 2 rings (SSSR count). The molecule has 1 aromatic carbocycles. The van der Waals surface area contributed by atoms with E-state index in [2.05, 4.69) is 41.8 Å². The van der Waals surface area contributed by atoms with Crippen LogP contribution in [0.3, 0.4) is 0 Å². The third kappa shape index (κ3) is 5.62. The van der Waals surface area contributed by atoms with Crippen LogP contribution in [0.15, 0.2) is 41.0 Å². The van der Waals surface area contributed by atoms with E-state index < -0.39 is 6.03 Å². The molecule has 0 aliphatic rings. The monoisotopic (exact) mass is 391 g/mol. The first kappa shape index (κ1) is 17.9. The van der Waals surface area contributed by atoms with Gasteiger partial charge < -0.3 is 10.6 Å². The van der Waals surface area contributed by atoms with E-state index in [0.717, 1.165) is 10.0 Å². The predicted octanol–water partition coefficient (Wildman–Crippen LogP) is 2.55. The van der Waals surface area contributed by atoms with Crippen molar-refractivity contribution in [3.8, 4) is 11.3 Å². The van der Waals surface area contributed by atoms with Gasteiger partial charge in [-0.3, -0.25) is 10.1 Å². The second-order valence-electron chi connectivity index (χ2n) is 4.93. The second-order valence-corrected chi connectivity index (χ2v) is 5.85. The number of rotatable bonds is 6. The van der Waals surface area contributed by atoms with Crippen molar-refractivity contribution >= 4 is 33.8 Å². The van der Waals surface area contributed by atoms with E-state index in [0.29, 0.717) is 25.1 Å². The molecule has 0 fully saturated rings. The summed E-state index contributed by atoms with van der Waals surface area (Å²) in [6.45, 7) is 0.393. The van der Waals surface area contributed by atoms with Crippen molar-refractivity contribution in [1.29, 1.82) is 0 Å². The van der Waals surface area contributed by atoms with Gasteiger partial charge in [-0.1, -0.05) is 28.1 Å². The summed E-state index contributed by atoms with van der Waals surface area (Å²) in [6, 6.07) is 9.07. The Kier molecular flexibility index (Phi) is 6.68. The van der Waals surface area contributed by atoms with E-state index in [-0.39, 0.29) is 11.9 Å². The van der Waals surface area contributed by atoms with Crippen molar-refractivity contribution in [2.75, 3.05) is 18.9 Å². The van der Waals surface area contributed by atoms with E-state index >= 15 is 0 Å². The number of anilines is 1. The maximum Gasteiger partial charge on any atom is 0.321 e. The van der Waals surface area contributed by atoms with E-state index in [9.17, 15) is 9.59 Å². The predicted molar refractivity (Wildman–Crippen MR) is 95.5 cm³/mol. The van der Waals surface area contributed by atoms with E-state index in [1.54, 1.807) is 19.3 Å². The van der Waals surface area contributed by atoms with Crippen LogP contribution in [0.1, 0.15) is 12.8 Å². The first-order valence-electron chi connectivity index (χ1n) is 7.43. The molecule has 0 bridgehead atoms. The maximum atomic E-state index is 11.8. The molecule has 8 heteroatoms. The molecule has 0 atom stereocenters. The number of carbonyl (C=O) groups is 2. The minimum absolute atomic E-state index is 0.0535. The van der Waals surface area contributed by atoms with Crippen LogP contribution in [-0.2, 0) is 4.79 Å². The van der Waals surface area contributed by atoms with Crippen LogP contribution in [0.2, 0.25) is 0 Å². The fourth-order valence-corrected chi connectivity index (χ4v) is 2.35. The molecule has 2 aromatic rings. The van der Waals surface area contributed by atoms with Crippen LogP contribution in [0, 0.1) is 0 Å². The van der Waals surface area contributed by atoms with Crippen LogP contribution < -0.4 is 16.0 Å². The molecule has 0 saturated carbocycles. The van der Waals surface area contributed by atoms with E-state index in [1.807, 2.05) is 24.3 Å². The zero-order valence-corrected chi connectivity index (χ0v) is 14.8. The maximum absolute atomic E-state index is 11.8. The number of halogens is 1. The van der Waals surface area contributed by atoms with Gasteiger partial charge in [0.2, 0.25) is 11.9 Å². The van der Waals surface area contributed by atoms with Crippen LogP contribution >= 0.6 is 15.9 Å². The van der Waals surface area contributed by atoms with Gasteiger partial charge in [0, 0.05) is 36.2 Å². The first-order valence-corrected chi connectivity index (χ1v) is 8.22. The highest BCUT2D eigenvalue weighted by molar-refractivity contribution is 9.10. The SMILES string of the molecule is CNC(=O)CCCNC(=O)Nc1nccc(-c2cccc(Br)c2)n1. The number of hydrogen-bond donors (Lipinski definition) is 3. The Morgan fingerprint density at radius 3 is 2.83 bits per heavy atom. The normalized spacial score (nSPS) is 10.1. The fourth-order valence-electron chi connectivity index (χ4n) is 1.95. The third-order valence-electron chi connectivity index (χ3n) is 3.15. The van der Waals surface area contributed by atoms with Crippen molar-refractivity contribution in [1.82, 2.24) is 20.6 Å². The highest BCUT2D eigenvalue weighted by Gasteiger charge is 2.06. The van der Waals surface area contributed by atoms with Gasteiger partial charge in [-0.2, -0.15) is 0 Å². The second kappa shape index (κ2) is 8.97. The molecule has 0 aliphatic carbocycles. The lowest BCUT2D eigenvalue weighted by Gasteiger charge is -2.07. The largest absolute Gasteiger partial charge is 0.359 e. The van der Waals surface area contributed by atoms with Crippen molar-refractivity contribution < 1.29 is 9.59 Å². The van der Waals surface area contributed by atoms with Crippen molar-refractivity contribution in [3.05, 3.63) is 41.0 Å². The lowest BCUT2D eigenvalue weighted by Crippen LogP contribution is -2.31. The summed E-state index contributed by atoms with van der Waals surface area (Å²) >= 11 is 3.42. The van der Waals surface area contributed by atoms with Crippen LogP contribution in [0.5, 0.6) is 0 Å². The molecule has 7 nitrogen and oxygen atoms in total. The number of carbonyl (C=O) groups excluding carboxylic acids is 2. The molecule has 1 heterocycles. The summed E-state index contributed by atoms with van der Waals surface area (Å²) in [5.74, 6) is 0.165. The van der Waals surface area contributed by atoms with Gasteiger partial charge in [-0.25, -0.2) is 14.8 Å². The number of amides is 3. The number of nitrogens with one attached hydrogen (secondary N) is 3. The first-order chi connectivity index (χ1) is 11.6. The van der Waals surface area contributed by atoms with Gasteiger partial charge >= 0.3 is 6.03 Å². The number of urea groups is 1. The zero-order valence-electron chi connectivity index (χ0n) is 13.2. The molecule has 3 amide bonds. The lowest BCUT2D eigenvalue weighted by atomic mass is 10.1. The minimum atomic E-state index is -0.404. The summed E-state index contributed by atoms with van der Waals surface area (Å²) < 4.78 is 0.946. The Bertz CT molecular complexity index is 723. The van der Waals surface area contributed by atoms with Crippen molar-refractivity contribution in [3.63, 3.8) is 0 Å². The average Bonchev–Trinajstić information content (AvgIpc) is 2.58. The van der Waals surface area contributed by atoms with Gasteiger partial charge in [0.15, 0.2) is 0 Å². The molecule has 126 valence electrons. The smallest absolute Gasteiger partial charge is 0.321 e. The highest BCUT2D eigenvalue weighted by Crippen LogP contribution is 2.21. The molecule has 3 N–H and O–H groups in total. The molecular formula is C16H18BrN5O2. The van der Waals surface area contributed by atoms with Crippen molar-refractivity contribution in [2.24, 2.45) is 0 Å². The molecule has 0 saturated heterocycles. The number of hydrogen-bond acceptors (Lipinski definition) is 4.